The van der Waals surface area contributed by atoms with Crippen LogP contribution in [0.25, 0.3) is 11.1 Å². The van der Waals surface area contributed by atoms with E-state index in [9.17, 15) is 9.59 Å². The van der Waals surface area contributed by atoms with Crippen LogP contribution in [0.3, 0.4) is 0 Å². The first-order chi connectivity index (χ1) is 14.9. The Morgan fingerprint density at radius 2 is 2.10 bits per heavy atom. The maximum absolute atomic E-state index is 12.9. The van der Waals surface area contributed by atoms with E-state index in [1.807, 2.05) is 54.4 Å². The van der Waals surface area contributed by atoms with E-state index in [0.717, 1.165) is 42.6 Å². The number of amides is 2. The molecule has 2 aliphatic rings. The van der Waals surface area contributed by atoms with Gasteiger partial charge in [-0.25, -0.2) is 9.97 Å². The van der Waals surface area contributed by atoms with Crippen molar-refractivity contribution in [3.05, 3.63) is 41.2 Å². The summed E-state index contributed by atoms with van der Waals surface area (Å²) in [5, 5.41) is 0.663. The molecule has 1 atom stereocenters. The third-order valence-electron chi connectivity index (χ3n) is 6.00. The van der Waals surface area contributed by atoms with E-state index in [4.69, 9.17) is 16.6 Å². The van der Waals surface area contributed by atoms with Crippen molar-refractivity contribution in [1.29, 1.82) is 0 Å². The molecule has 4 rings (SSSR count). The maximum Gasteiger partial charge on any atom is 0.242 e. The molecule has 0 aliphatic carbocycles. The summed E-state index contributed by atoms with van der Waals surface area (Å²) < 4.78 is 0. The summed E-state index contributed by atoms with van der Waals surface area (Å²) in [7, 11) is 3.84. The molecule has 8 heteroatoms. The maximum atomic E-state index is 12.9. The first-order valence-electron chi connectivity index (χ1n) is 10.8. The highest BCUT2D eigenvalue weighted by Gasteiger charge is 2.30. The van der Waals surface area contributed by atoms with Crippen molar-refractivity contribution in [2.45, 2.75) is 31.6 Å². The van der Waals surface area contributed by atoms with Gasteiger partial charge in [0.15, 0.2) is 0 Å². The van der Waals surface area contributed by atoms with Gasteiger partial charge in [0.25, 0.3) is 0 Å². The van der Waals surface area contributed by atoms with Gasteiger partial charge >= 0.3 is 0 Å². The molecule has 3 heterocycles. The van der Waals surface area contributed by atoms with Crippen LogP contribution < -0.4 is 4.90 Å². The lowest BCUT2D eigenvalue weighted by atomic mass is 9.90. The Balaban J connectivity index is 1.60. The summed E-state index contributed by atoms with van der Waals surface area (Å²) in [6.07, 6.45) is 5.09. The van der Waals surface area contributed by atoms with Gasteiger partial charge in [-0.05, 0) is 37.0 Å². The predicted octanol–water partition coefficient (Wildman–Crippen LogP) is 3.19. The summed E-state index contributed by atoms with van der Waals surface area (Å²) in [6.45, 7) is 2.17. The number of halogens is 1. The molecule has 0 radical (unpaired) electrons. The number of piperidine rings is 1. The molecule has 31 heavy (non-hydrogen) atoms. The zero-order valence-corrected chi connectivity index (χ0v) is 18.8. The van der Waals surface area contributed by atoms with E-state index in [0.29, 0.717) is 30.5 Å². The first kappa shape index (κ1) is 21.6. The van der Waals surface area contributed by atoms with Gasteiger partial charge in [-0.15, -0.1) is 0 Å². The normalized spacial score (nSPS) is 19.1. The number of carbonyl (C=O) groups excluding carboxylic acids is 2. The molecule has 2 amide bonds. The molecule has 2 fully saturated rings. The molecule has 0 bridgehead atoms. The monoisotopic (exact) mass is 441 g/mol. The SMILES string of the molecule is CN(C)c1ncc(-c2cccc(Cl)c2)c([C@@H]2CCCN(C(=O)CN3CCCC3=O)C2)n1. The van der Waals surface area contributed by atoms with Crippen LogP contribution in [0.1, 0.15) is 37.3 Å². The Hall–Kier alpha value is -2.67. The number of anilines is 1. The van der Waals surface area contributed by atoms with Crippen molar-refractivity contribution in [3.8, 4) is 11.1 Å². The third-order valence-corrected chi connectivity index (χ3v) is 6.23. The van der Waals surface area contributed by atoms with Gasteiger partial charge < -0.3 is 14.7 Å². The molecule has 2 aromatic rings. The van der Waals surface area contributed by atoms with Crippen LogP contribution in [0.5, 0.6) is 0 Å². The summed E-state index contributed by atoms with van der Waals surface area (Å²) in [5.74, 6) is 0.845. The summed E-state index contributed by atoms with van der Waals surface area (Å²) in [4.78, 5) is 39.7. The van der Waals surface area contributed by atoms with Crippen molar-refractivity contribution in [2.24, 2.45) is 0 Å². The molecule has 0 unspecified atom stereocenters. The average Bonchev–Trinajstić information content (AvgIpc) is 3.17. The third kappa shape index (κ3) is 4.82. The second kappa shape index (κ2) is 9.22. The van der Waals surface area contributed by atoms with Crippen LogP contribution in [-0.2, 0) is 9.59 Å². The van der Waals surface area contributed by atoms with Crippen molar-refractivity contribution in [3.63, 3.8) is 0 Å². The van der Waals surface area contributed by atoms with Crippen LogP contribution >= 0.6 is 11.6 Å². The molecule has 0 saturated carbocycles. The first-order valence-corrected chi connectivity index (χ1v) is 11.2. The summed E-state index contributed by atoms with van der Waals surface area (Å²) in [6, 6.07) is 7.70. The summed E-state index contributed by atoms with van der Waals surface area (Å²) in [5.41, 5.74) is 2.86. The van der Waals surface area contributed by atoms with Crippen LogP contribution in [0, 0.1) is 0 Å². The topological polar surface area (TPSA) is 69.6 Å². The van der Waals surface area contributed by atoms with Crippen LogP contribution in [-0.4, -0.2) is 71.9 Å². The molecule has 0 spiro atoms. The van der Waals surface area contributed by atoms with Gasteiger partial charge in [-0.1, -0.05) is 23.7 Å². The van der Waals surface area contributed by atoms with Gasteiger partial charge in [0, 0.05) is 62.9 Å². The fourth-order valence-corrected chi connectivity index (χ4v) is 4.54. The summed E-state index contributed by atoms with van der Waals surface area (Å²) >= 11 is 6.24. The van der Waals surface area contributed by atoms with Gasteiger partial charge in [0.2, 0.25) is 17.8 Å². The molecule has 1 aromatic heterocycles. The standard InChI is InChI=1S/C23H28ClN5O2/c1-27(2)23-25-13-19(16-6-3-8-18(24)12-16)22(26-23)17-7-4-10-28(14-17)21(31)15-29-11-5-9-20(29)30/h3,6,8,12-13,17H,4-5,7,9-11,14-15H2,1-2H3/t17-/m1/s1. The highest BCUT2D eigenvalue weighted by molar-refractivity contribution is 6.30. The van der Waals surface area contributed by atoms with Gasteiger partial charge in [0.05, 0.1) is 12.2 Å². The number of nitrogens with zero attached hydrogens (tertiary/aromatic N) is 5. The Bertz CT molecular complexity index is 980. The smallest absolute Gasteiger partial charge is 0.242 e. The van der Waals surface area contributed by atoms with E-state index in [-0.39, 0.29) is 24.3 Å². The van der Waals surface area contributed by atoms with Gasteiger partial charge in [0.1, 0.15) is 0 Å². The minimum atomic E-state index is 0.0196. The van der Waals surface area contributed by atoms with E-state index < -0.39 is 0 Å². The molecule has 164 valence electrons. The Morgan fingerprint density at radius 3 is 2.81 bits per heavy atom. The van der Waals surface area contributed by atoms with Crippen LogP contribution in [0.2, 0.25) is 5.02 Å². The molecule has 2 saturated heterocycles. The lowest BCUT2D eigenvalue weighted by Crippen LogP contribution is -2.45. The second-order valence-corrected chi connectivity index (χ2v) is 8.91. The fourth-order valence-electron chi connectivity index (χ4n) is 4.35. The molecular weight excluding hydrogens is 414 g/mol. The lowest BCUT2D eigenvalue weighted by Gasteiger charge is -2.34. The Kier molecular flexibility index (Phi) is 6.41. The van der Waals surface area contributed by atoms with Crippen molar-refractivity contribution >= 4 is 29.4 Å². The second-order valence-electron chi connectivity index (χ2n) is 8.47. The molecule has 7 nitrogen and oxygen atoms in total. The molecule has 0 N–H and O–H groups in total. The number of rotatable bonds is 5. The van der Waals surface area contributed by atoms with Crippen LogP contribution in [0.4, 0.5) is 5.95 Å². The average molecular weight is 442 g/mol. The number of hydrogen-bond acceptors (Lipinski definition) is 5. The molecule has 2 aliphatic heterocycles. The van der Waals surface area contributed by atoms with Crippen molar-refractivity contribution in [2.75, 3.05) is 45.2 Å². The quantitative estimate of drug-likeness (QED) is 0.712. The number of carbonyl (C=O) groups is 2. The van der Waals surface area contributed by atoms with Gasteiger partial charge in [-0.3, -0.25) is 9.59 Å². The zero-order chi connectivity index (χ0) is 22.0. The zero-order valence-electron chi connectivity index (χ0n) is 18.1. The predicted molar refractivity (Wildman–Crippen MR) is 121 cm³/mol. The fraction of sp³-hybridized carbons (Fsp3) is 0.478. The number of likely N-dealkylation sites (tertiary alicyclic amines) is 2. The lowest BCUT2D eigenvalue weighted by molar-refractivity contribution is -0.139. The Morgan fingerprint density at radius 1 is 1.26 bits per heavy atom. The van der Waals surface area contributed by atoms with Crippen LogP contribution in [0.15, 0.2) is 30.5 Å². The number of hydrogen-bond donors (Lipinski definition) is 0. The van der Waals surface area contributed by atoms with Crippen molar-refractivity contribution in [1.82, 2.24) is 19.8 Å². The minimum Gasteiger partial charge on any atom is -0.347 e. The van der Waals surface area contributed by atoms with E-state index >= 15 is 0 Å². The van der Waals surface area contributed by atoms with E-state index in [1.54, 1.807) is 4.90 Å². The van der Waals surface area contributed by atoms with Crippen molar-refractivity contribution < 1.29 is 9.59 Å². The minimum absolute atomic E-state index is 0.0196. The molecular formula is C23H28ClN5O2. The van der Waals surface area contributed by atoms with E-state index in [2.05, 4.69) is 4.98 Å². The van der Waals surface area contributed by atoms with Gasteiger partial charge in [-0.2, -0.15) is 0 Å². The number of aromatic nitrogens is 2. The largest absolute Gasteiger partial charge is 0.347 e. The van der Waals surface area contributed by atoms with E-state index in [1.165, 1.54) is 0 Å². The highest BCUT2D eigenvalue weighted by atomic mass is 35.5. The highest BCUT2D eigenvalue weighted by Crippen LogP contribution is 2.34. The Labute approximate surface area is 188 Å². The molecule has 1 aromatic carbocycles. The number of benzene rings is 1.